The number of nitrogens with one attached hydrogen (secondary N) is 1. The standard InChI is InChI=1S/C19H20BrNO6S/c1-12-3-4-15(7-13(12)2)28(23,24)21-10-19(22)27-11-14-8-17-18(9-16(14)20)26-6-5-25-17/h3-4,7-9,21H,5-6,10-11H2,1-2H3. The van der Waals surface area contributed by atoms with Gasteiger partial charge in [0.1, 0.15) is 26.4 Å². The molecule has 1 heterocycles. The third kappa shape index (κ3) is 4.84. The van der Waals surface area contributed by atoms with Gasteiger partial charge in [-0.05, 0) is 49.2 Å². The van der Waals surface area contributed by atoms with Crippen LogP contribution in [0.25, 0.3) is 0 Å². The number of benzene rings is 2. The normalized spacial score (nSPS) is 13.2. The highest BCUT2D eigenvalue weighted by Crippen LogP contribution is 2.35. The minimum Gasteiger partial charge on any atom is -0.486 e. The summed E-state index contributed by atoms with van der Waals surface area (Å²) in [6, 6.07) is 8.27. The number of halogens is 1. The summed E-state index contributed by atoms with van der Waals surface area (Å²) in [6.07, 6.45) is 0. The minimum atomic E-state index is -3.79. The van der Waals surface area contributed by atoms with E-state index in [1.807, 2.05) is 13.8 Å². The van der Waals surface area contributed by atoms with Crippen LogP contribution in [0.4, 0.5) is 0 Å². The molecule has 0 fully saturated rings. The highest BCUT2D eigenvalue weighted by Gasteiger charge is 2.18. The number of carbonyl (C=O) groups excluding carboxylic acids is 1. The molecule has 2 aromatic rings. The van der Waals surface area contributed by atoms with Gasteiger partial charge in [0, 0.05) is 10.0 Å². The van der Waals surface area contributed by atoms with Crippen molar-refractivity contribution in [3.05, 3.63) is 51.5 Å². The van der Waals surface area contributed by atoms with E-state index in [1.54, 1.807) is 24.3 Å². The summed E-state index contributed by atoms with van der Waals surface area (Å²) in [6.45, 7) is 4.17. The molecule has 0 atom stereocenters. The molecule has 0 saturated carbocycles. The first-order chi connectivity index (χ1) is 13.3. The number of esters is 1. The first-order valence-corrected chi connectivity index (χ1v) is 10.8. The smallest absolute Gasteiger partial charge is 0.321 e. The summed E-state index contributed by atoms with van der Waals surface area (Å²) in [5.41, 5.74) is 2.53. The van der Waals surface area contributed by atoms with E-state index in [9.17, 15) is 13.2 Å². The van der Waals surface area contributed by atoms with Crippen molar-refractivity contribution in [1.29, 1.82) is 0 Å². The average molecular weight is 470 g/mol. The molecule has 0 aliphatic carbocycles. The van der Waals surface area contributed by atoms with Gasteiger partial charge in [0.15, 0.2) is 11.5 Å². The fourth-order valence-corrected chi connectivity index (χ4v) is 4.03. The molecule has 0 aromatic heterocycles. The molecule has 7 nitrogen and oxygen atoms in total. The maximum Gasteiger partial charge on any atom is 0.321 e. The summed E-state index contributed by atoms with van der Waals surface area (Å²) in [5, 5.41) is 0. The zero-order chi connectivity index (χ0) is 20.3. The van der Waals surface area contributed by atoms with Crippen molar-refractivity contribution < 1.29 is 27.4 Å². The lowest BCUT2D eigenvalue weighted by atomic mass is 10.1. The Kier molecular flexibility index (Phi) is 6.26. The quantitative estimate of drug-likeness (QED) is 0.654. The molecule has 0 amide bonds. The number of rotatable bonds is 6. The molecule has 1 N–H and O–H groups in total. The molecule has 2 aromatic carbocycles. The summed E-state index contributed by atoms with van der Waals surface area (Å²) in [5.74, 6) is 0.513. The topological polar surface area (TPSA) is 90.9 Å². The molecule has 0 spiro atoms. The Hall–Kier alpha value is -2.10. The van der Waals surface area contributed by atoms with E-state index in [1.165, 1.54) is 6.07 Å². The second-order valence-corrected chi connectivity index (χ2v) is 8.94. The van der Waals surface area contributed by atoms with Crippen molar-refractivity contribution in [2.45, 2.75) is 25.3 Å². The minimum absolute atomic E-state index is 0.0264. The van der Waals surface area contributed by atoms with Gasteiger partial charge in [0.2, 0.25) is 10.0 Å². The van der Waals surface area contributed by atoms with Gasteiger partial charge >= 0.3 is 5.97 Å². The molecule has 0 unspecified atom stereocenters. The second-order valence-electron chi connectivity index (χ2n) is 6.32. The fraction of sp³-hybridized carbons (Fsp3) is 0.316. The molecule has 3 rings (SSSR count). The number of sulfonamides is 1. The monoisotopic (exact) mass is 469 g/mol. The molecule has 150 valence electrons. The van der Waals surface area contributed by atoms with Gasteiger partial charge in [-0.1, -0.05) is 22.0 Å². The zero-order valence-corrected chi connectivity index (χ0v) is 17.9. The summed E-state index contributed by atoms with van der Waals surface area (Å²) in [7, 11) is -3.79. The molecular formula is C19H20BrNO6S. The lowest BCUT2D eigenvalue weighted by Gasteiger charge is -2.19. The van der Waals surface area contributed by atoms with Crippen LogP contribution in [0.15, 0.2) is 39.7 Å². The van der Waals surface area contributed by atoms with E-state index < -0.39 is 22.5 Å². The molecule has 1 aliphatic heterocycles. The van der Waals surface area contributed by atoms with Crippen molar-refractivity contribution >= 4 is 31.9 Å². The highest BCUT2D eigenvalue weighted by molar-refractivity contribution is 9.10. The molecule has 0 bridgehead atoms. The van der Waals surface area contributed by atoms with Crippen LogP contribution in [0.1, 0.15) is 16.7 Å². The lowest BCUT2D eigenvalue weighted by Crippen LogP contribution is -2.30. The maximum atomic E-state index is 12.3. The maximum absolute atomic E-state index is 12.3. The van der Waals surface area contributed by atoms with E-state index >= 15 is 0 Å². The Balaban J connectivity index is 1.58. The first kappa shape index (κ1) is 20.6. The van der Waals surface area contributed by atoms with Crippen molar-refractivity contribution in [2.24, 2.45) is 0 Å². The summed E-state index contributed by atoms with van der Waals surface area (Å²) in [4.78, 5) is 12.1. The van der Waals surface area contributed by atoms with Gasteiger partial charge in [-0.25, -0.2) is 8.42 Å². The third-order valence-electron chi connectivity index (χ3n) is 4.30. The van der Waals surface area contributed by atoms with Crippen LogP contribution in [-0.4, -0.2) is 34.1 Å². The van der Waals surface area contributed by atoms with Crippen LogP contribution < -0.4 is 14.2 Å². The number of ether oxygens (including phenoxy) is 3. The van der Waals surface area contributed by atoms with E-state index in [0.29, 0.717) is 34.7 Å². The van der Waals surface area contributed by atoms with Crippen LogP contribution >= 0.6 is 15.9 Å². The van der Waals surface area contributed by atoms with E-state index in [0.717, 1.165) is 11.1 Å². The van der Waals surface area contributed by atoms with Crippen molar-refractivity contribution in [1.82, 2.24) is 4.72 Å². The van der Waals surface area contributed by atoms with Gasteiger partial charge in [0.25, 0.3) is 0 Å². The lowest BCUT2D eigenvalue weighted by molar-refractivity contribution is -0.143. The first-order valence-electron chi connectivity index (χ1n) is 8.57. The Morgan fingerprint density at radius 1 is 1.11 bits per heavy atom. The summed E-state index contributed by atoms with van der Waals surface area (Å²) < 4.78 is 43.8. The number of carbonyl (C=O) groups is 1. The number of aryl methyl sites for hydroxylation is 2. The average Bonchev–Trinajstić information content (AvgIpc) is 2.66. The predicted molar refractivity (Wildman–Crippen MR) is 106 cm³/mol. The Morgan fingerprint density at radius 2 is 1.79 bits per heavy atom. The number of hydrogen-bond donors (Lipinski definition) is 1. The second kappa shape index (κ2) is 8.50. The van der Waals surface area contributed by atoms with Gasteiger partial charge < -0.3 is 14.2 Å². The number of hydrogen-bond acceptors (Lipinski definition) is 6. The molecule has 28 heavy (non-hydrogen) atoms. The fourth-order valence-electron chi connectivity index (χ4n) is 2.54. The molecule has 0 radical (unpaired) electrons. The van der Waals surface area contributed by atoms with Crippen molar-refractivity contribution in [3.8, 4) is 11.5 Å². The van der Waals surface area contributed by atoms with E-state index in [4.69, 9.17) is 14.2 Å². The molecule has 9 heteroatoms. The highest BCUT2D eigenvalue weighted by atomic mass is 79.9. The Bertz CT molecular complexity index is 1010. The van der Waals surface area contributed by atoms with Crippen LogP contribution in [0.2, 0.25) is 0 Å². The Morgan fingerprint density at radius 3 is 2.46 bits per heavy atom. The van der Waals surface area contributed by atoms with Crippen LogP contribution in [0.3, 0.4) is 0 Å². The zero-order valence-electron chi connectivity index (χ0n) is 15.5. The van der Waals surface area contributed by atoms with Crippen LogP contribution in [-0.2, 0) is 26.2 Å². The van der Waals surface area contributed by atoms with Crippen LogP contribution in [0, 0.1) is 13.8 Å². The SMILES string of the molecule is Cc1ccc(S(=O)(=O)NCC(=O)OCc2cc3c(cc2Br)OCCO3)cc1C. The van der Waals surface area contributed by atoms with Gasteiger partial charge in [-0.2, -0.15) is 4.72 Å². The van der Waals surface area contributed by atoms with Crippen molar-refractivity contribution in [2.75, 3.05) is 19.8 Å². The van der Waals surface area contributed by atoms with E-state index in [-0.39, 0.29) is 11.5 Å². The Labute approximate surface area is 172 Å². The molecule has 1 aliphatic rings. The predicted octanol–water partition coefficient (Wildman–Crippen LogP) is 2.86. The largest absolute Gasteiger partial charge is 0.486 e. The number of fused-ring (bicyclic) bond motifs is 1. The third-order valence-corrected chi connectivity index (χ3v) is 6.43. The molecule has 0 saturated heterocycles. The molecular weight excluding hydrogens is 450 g/mol. The van der Waals surface area contributed by atoms with Crippen molar-refractivity contribution in [3.63, 3.8) is 0 Å². The van der Waals surface area contributed by atoms with E-state index in [2.05, 4.69) is 20.7 Å². The van der Waals surface area contributed by atoms with Gasteiger partial charge in [0.05, 0.1) is 4.90 Å². The summed E-state index contributed by atoms with van der Waals surface area (Å²) >= 11 is 3.40. The van der Waals surface area contributed by atoms with Gasteiger partial charge in [-0.3, -0.25) is 4.79 Å². The van der Waals surface area contributed by atoms with Gasteiger partial charge in [-0.15, -0.1) is 0 Å². The van der Waals surface area contributed by atoms with Crippen LogP contribution in [0.5, 0.6) is 11.5 Å².